The van der Waals surface area contributed by atoms with Crippen LogP contribution in [0, 0.1) is 0 Å². The molecule has 4 radical (unpaired) electrons. The third kappa shape index (κ3) is 12.5. The van der Waals surface area contributed by atoms with Gasteiger partial charge in [-0.2, -0.15) is 0 Å². The predicted octanol–water partition coefficient (Wildman–Crippen LogP) is 6.34. The molecule has 0 unspecified atom stereocenters. The molecule has 0 N–H and O–H groups in total. The van der Waals surface area contributed by atoms with Crippen molar-refractivity contribution in [3.63, 3.8) is 0 Å². The van der Waals surface area contributed by atoms with Crippen LogP contribution in [0.3, 0.4) is 0 Å². The summed E-state index contributed by atoms with van der Waals surface area (Å²) in [5.74, 6) is -0.888. The van der Waals surface area contributed by atoms with Gasteiger partial charge in [0.05, 0.1) is 24.3 Å². The van der Waals surface area contributed by atoms with E-state index in [1.54, 1.807) is 24.3 Å². The van der Waals surface area contributed by atoms with Crippen LogP contribution in [-0.2, 0) is 9.47 Å². The molecule has 1 aromatic carbocycles. The van der Waals surface area contributed by atoms with E-state index in [1.165, 1.54) is 51.4 Å². The zero-order valence-electron chi connectivity index (χ0n) is 18.3. The van der Waals surface area contributed by atoms with Gasteiger partial charge in [-0.05, 0) is 25.0 Å². The quantitative estimate of drug-likeness (QED) is 0.178. The smallest absolute Gasteiger partial charge is 0.339 e. The molecule has 29 heavy (non-hydrogen) atoms. The van der Waals surface area contributed by atoms with Crippen LogP contribution in [0.1, 0.15) is 112 Å². The first-order valence-corrected chi connectivity index (χ1v) is 11.1. The highest BCUT2D eigenvalue weighted by Gasteiger charge is 2.18. The maximum absolute atomic E-state index is 12.4. The maximum Gasteiger partial charge on any atom is 0.339 e. The molecular weight excluding hydrogens is 380 g/mol. The van der Waals surface area contributed by atoms with Crippen molar-refractivity contribution in [2.45, 2.75) is 90.9 Å². The Bertz CT molecular complexity index is 511. The lowest BCUT2D eigenvalue weighted by molar-refractivity contribution is 0.0450. The third-order valence-electron chi connectivity index (χ3n) is 4.83. The number of esters is 2. The molecule has 0 saturated carbocycles. The number of carbonyl (C=O) groups is 2. The fraction of sp³-hybridized carbons (Fsp3) is 0.667. The Morgan fingerprint density at radius 3 is 1.34 bits per heavy atom. The first-order chi connectivity index (χ1) is 13.7. The average Bonchev–Trinajstić information content (AvgIpc) is 2.72. The van der Waals surface area contributed by atoms with Crippen LogP contribution < -0.4 is 0 Å². The summed E-state index contributed by atoms with van der Waals surface area (Å²) in [6.07, 6.45) is 13.6. The predicted molar refractivity (Wildman–Crippen MR) is 120 cm³/mol. The fourth-order valence-corrected chi connectivity index (χ4v) is 3.09. The van der Waals surface area contributed by atoms with Gasteiger partial charge in [0.15, 0.2) is 0 Å². The summed E-state index contributed by atoms with van der Waals surface area (Å²) in [6, 6.07) is 6.74. The molecule has 0 saturated heterocycles. The molecule has 0 heterocycles. The van der Waals surface area contributed by atoms with Crippen molar-refractivity contribution < 1.29 is 19.1 Å². The van der Waals surface area contributed by atoms with Gasteiger partial charge >= 0.3 is 11.9 Å². The van der Waals surface area contributed by atoms with Crippen molar-refractivity contribution >= 4 is 22.9 Å². The zero-order valence-corrected chi connectivity index (χ0v) is 19.3. The maximum atomic E-state index is 12.4. The summed E-state index contributed by atoms with van der Waals surface area (Å²) in [5.41, 5.74) is 0.586. The van der Waals surface area contributed by atoms with Crippen LogP contribution in [0.4, 0.5) is 0 Å². The molecule has 0 atom stereocenters. The van der Waals surface area contributed by atoms with Gasteiger partial charge in [-0.25, -0.2) is 9.59 Å². The lowest BCUT2D eigenvalue weighted by Gasteiger charge is -2.10. The molecule has 0 fully saturated rings. The second-order valence-corrected chi connectivity index (χ2v) is 7.35. The Morgan fingerprint density at radius 2 is 0.966 bits per heavy atom. The number of hydrogen-bond acceptors (Lipinski definition) is 4. The minimum absolute atomic E-state index is 0. The molecule has 0 amide bonds. The van der Waals surface area contributed by atoms with Crippen LogP contribution >= 0.6 is 0 Å². The van der Waals surface area contributed by atoms with E-state index in [9.17, 15) is 9.59 Å². The number of rotatable bonds is 16. The molecule has 0 aliphatic heterocycles. The highest BCUT2D eigenvalue weighted by molar-refractivity contribution is 6.03. The van der Waals surface area contributed by atoms with Gasteiger partial charge in [-0.3, -0.25) is 0 Å². The molecule has 1 rings (SSSR count). The van der Waals surface area contributed by atoms with Crippen molar-refractivity contribution in [3.05, 3.63) is 35.4 Å². The second kappa shape index (κ2) is 18.4. The van der Waals surface area contributed by atoms with Gasteiger partial charge in [0, 0.05) is 11.0 Å². The first-order valence-electron chi connectivity index (χ1n) is 11.1. The van der Waals surface area contributed by atoms with E-state index in [0.29, 0.717) is 24.3 Å². The zero-order chi connectivity index (χ0) is 20.5. The molecule has 0 aliphatic rings. The van der Waals surface area contributed by atoms with E-state index >= 15 is 0 Å². The fourth-order valence-electron chi connectivity index (χ4n) is 3.09. The lowest BCUT2D eigenvalue weighted by atomic mass is 10.1. The molecule has 1 aromatic rings. The van der Waals surface area contributed by atoms with Crippen LogP contribution in [0.2, 0.25) is 0 Å². The number of hydrogen-bond donors (Lipinski definition) is 0. The highest BCUT2D eigenvalue weighted by Crippen LogP contribution is 2.14. The number of carbonyl (C=O) groups excluding carboxylic acids is 2. The van der Waals surface area contributed by atoms with Crippen LogP contribution in [0.25, 0.3) is 0 Å². The van der Waals surface area contributed by atoms with Crippen LogP contribution in [0.15, 0.2) is 24.3 Å². The summed E-state index contributed by atoms with van der Waals surface area (Å²) in [5, 5.41) is 0. The van der Waals surface area contributed by atoms with Gasteiger partial charge < -0.3 is 9.47 Å². The number of unbranched alkanes of at least 4 members (excludes halogenated alkanes) is 10. The largest absolute Gasteiger partial charge is 0.462 e. The summed E-state index contributed by atoms with van der Waals surface area (Å²) in [6.45, 7) is 5.17. The molecule has 5 heteroatoms. The van der Waals surface area contributed by atoms with Crippen molar-refractivity contribution in [3.8, 4) is 0 Å². The van der Waals surface area contributed by atoms with E-state index in [-0.39, 0.29) is 11.0 Å². The standard InChI is InChI=1S/C24H38O4.Si/c1-3-5-7-9-11-15-19-27-23(25)21-17-13-14-18-22(21)24(26)28-20-16-12-10-8-6-4-2;/h13-14,17-18H,3-12,15-16,19-20H2,1-2H3;. The Kier molecular flexibility index (Phi) is 17.4. The van der Waals surface area contributed by atoms with E-state index < -0.39 is 11.9 Å². The molecule has 0 bridgehead atoms. The topological polar surface area (TPSA) is 52.6 Å². The Balaban J connectivity index is 0.00000784. The number of benzene rings is 1. The first kappa shape index (κ1) is 27.4. The summed E-state index contributed by atoms with van der Waals surface area (Å²) in [4.78, 5) is 24.7. The van der Waals surface area contributed by atoms with Crippen molar-refractivity contribution in [2.24, 2.45) is 0 Å². The SMILES string of the molecule is CCCCCCCCOC(=O)c1ccccc1C(=O)OCCCCCCCC.[Si]. The molecule has 0 spiro atoms. The van der Waals surface area contributed by atoms with Gasteiger partial charge in [-0.15, -0.1) is 0 Å². The Labute approximate surface area is 181 Å². The van der Waals surface area contributed by atoms with Crippen LogP contribution in [-0.4, -0.2) is 36.1 Å². The molecule has 4 nitrogen and oxygen atoms in total. The third-order valence-corrected chi connectivity index (χ3v) is 4.83. The summed E-state index contributed by atoms with van der Waals surface area (Å²) in [7, 11) is 0. The summed E-state index contributed by atoms with van der Waals surface area (Å²) < 4.78 is 10.7. The van der Waals surface area contributed by atoms with Crippen molar-refractivity contribution in [1.82, 2.24) is 0 Å². The van der Waals surface area contributed by atoms with E-state index in [2.05, 4.69) is 13.8 Å². The van der Waals surface area contributed by atoms with Gasteiger partial charge in [-0.1, -0.05) is 90.2 Å². The van der Waals surface area contributed by atoms with E-state index in [0.717, 1.165) is 25.7 Å². The van der Waals surface area contributed by atoms with Crippen molar-refractivity contribution in [1.29, 1.82) is 0 Å². The molecule has 0 aromatic heterocycles. The van der Waals surface area contributed by atoms with Crippen LogP contribution in [0.5, 0.6) is 0 Å². The van der Waals surface area contributed by atoms with E-state index in [4.69, 9.17) is 9.47 Å². The average molecular weight is 419 g/mol. The van der Waals surface area contributed by atoms with Crippen molar-refractivity contribution in [2.75, 3.05) is 13.2 Å². The Morgan fingerprint density at radius 1 is 0.621 bits per heavy atom. The second-order valence-electron chi connectivity index (χ2n) is 7.35. The molecule has 0 aliphatic carbocycles. The minimum atomic E-state index is -0.444. The molecule has 162 valence electrons. The molecular formula is C24H38O4Si. The Hall–Kier alpha value is -1.62. The van der Waals surface area contributed by atoms with Gasteiger partial charge in [0.25, 0.3) is 0 Å². The van der Waals surface area contributed by atoms with E-state index in [1.807, 2.05) is 0 Å². The monoisotopic (exact) mass is 418 g/mol. The highest BCUT2D eigenvalue weighted by atomic mass is 28.1. The normalized spacial score (nSPS) is 10.3. The van der Waals surface area contributed by atoms with Gasteiger partial charge in [0.1, 0.15) is 0 Å². The summed E-state index contributed by atoms with van der Waals surface area (Å²) >= 11 is 0. The minimum Gasteiger partial charge on any atom is -0.462 e. The lowest BCUT2D eigenvalue weighted by Crippen LogP contribution is -2.15. The number of ether oxygens (including phenoxy) is 2. The van der Waals surface area contributed by atoms with Gasteiger partial charge in [0.2, 0.25) is 0 Å².